The van der Waals surface area contributed by atoms with E-state index in [0.29, 0.717) is 12.8 Å². The van der Waals surface area contributed by atoms with E-state index in [1.807, 2.05) is 31.2 Å². The molecule has 1 atom stereocenters. The highest BCUT2D eigenvalue weighted by molar-refractivity contribution is 5.23. The molecule has 0 bridgehead atoms. The number of hydrogen-bond acceptors (Lipinski definition) is 1. The second-order valence-electron chi connectivity index (χ2n) is 4.68. The van der Waals surface area contributed by atoms with Crippen molar-refractivity contribution in [2.75, 3.05) is 0 Å². The SMILES string of the molecule is Cc1cccc(CC(O)Cc2cccc(F)c2)c1. The van der Waals surface area contributed by atoms with Gasteiger partial charge in [-0.15, -0.1) is 0 Å². The fourth-order valence-electron chi connectivity index (χ4n) is 2.12. The average Bonchev–Trinajstić information content (AvgIpc) is 2.28. The van der Waals surface area contributed by atoms with Gasteiger partial charge in [0, 0.05) is 0 Å². The first-order valence-electron chi connectivity index (χ1n) is 6.11. The predicted molar refractivity (Wildman–Crippen MR) is 71.0 cm³/mol. The van der Waals surface area contributed by atoms with Crippen LogP contribution in [0.5, 0.6) is 0 Å². The Morgan fingerprint density at radius 1 is 1.00 bits per heavy atom. The van der Waals surface area contributed by atoms with Crippen molar-refractivity contribution < 1.29 is 9.50 Å². The molecule has 0 aliphatic carbocycles. The van der Waals surface area contributed by atoms with Crippen molar-refractivity contribution in [1.29, 1.82) is 0 Å². The van der Waals surface area contributed by atoms with Crippen LogP contribution in [-0.4, -0.2) is 11.2 Å². The van der Waals surface area contributed by atoms with Gasteiger partial charge < -0.3 is 5.11 Å². The van der Waals surface area contributed by atoms with E-state index in [1.165, 1.54) is 17.7 Å². The molecule has 1 unspecified atom stereocenters. The zero-order valence-corrected chi connectivity index (χ0v) is 10.4. The molecule has 2 heteroatoms. The molecule has 1 N–H and O–H groups in total. The molecular weight excluding hydrogens is 227 g/mol. The van der Waals surface area contributed by atoms with Crippen LogP contribution >= 0.6 is 0 Å². The molecule has 0 fully saturated rings. The Hall–Kier alpha value is -1.67. The second-order valence-corrected chi connectivity index (χ2v) is 4.68. The van der Waals surface area contributed by atoms with Gasteiger partial charge in [0.15, 0.2) is 0 Å². The Balaban J connectivity index is 1.98. The molecule has 2 aromatic carbocycles. The van der Waals surface area contributed by atoms with Crippen molar-refractivity contribution in [2.24, 2.45) is 0 Å². The number of hydrogen-bond donors (Lipinski definition) is 1. The lowest BCUT2D eigenvalue weighted by Gasteiger charge is -2.11. The normalized spacial score (nSPS) is 12.4. The first-order valence-corrected chi connectivity index (χ1v) is 6.11. The number of halogens is 1. The Kier molecular flexibility index (Phi) is 4.11. The summed E-state index contributed by atoms with van der Waals surface area (Å²) >= 11 is 0. The van der Waals surface area contributed by atoms with Crippen molar-refractivity contribution in [1.82, 2.24) is 0 Å². The fraction of sp³-hybridized carbons (Fsp3) is 0.250. The third kappa shape index (κ3) is 3.67. The molecule has 94 valence electrons. The minimum absolute atomic E-state index is 0.254. The molecule has 0 amide bonds. The molecule has 1 nitrogen and oxygen atoms in total. The number of aliphatic hydroxyl groups is 1. The maximum Gasteiger partial charge on any atom is 0.123 e. The van der Waals surface area contributed by atoms with Crippen molar-refractivity contribution in [2.45, 2.75) is 25.9 Å². The third-order valence-corrected chi connectivity index (χ3v) is 2.91. The Morgan fingerprint density at radius 3 is 2.22 bits per heavy atom. The Bertz CT molecular complexity index is 475. The van der Waals surface area contributed by atoms with E-state index in [0.717, 1.165) is 11.1 Å². The number of aliphatic hydroxyl groups excluding tert-OH is 1. The highest BCUT2D eigenvalue weighted by atomic mass is 19.1. The van der Waals surface area contributed by atoms with E-state index in [1.54, 1.807) is 6.07 Å². The maximum absolute atomic E-state index is 13.0. The molecule has 18 heavy (non-hydrogen) atoms. The smallest absolute Gasteiger partial charge is 0.123 e. The van der Waals surface area contributed by atoms with Crippen LogP contribution in [0.4, 0.5) is 4.39 Å². The van der Waals surface area contributed by atoms with Gasteiger partial charge in [0.25, 0.3) is 0 Å². The predicted octanol–water partition coefficient (Wildman–Crippen LogP) is 3.28. The molecule has 2 rings (SSSR count). The van der Waals surface area contributed by atoms with Gasteiger partial charge in [-0.2, -0.15) is 0 Å². The van der Waals surface area contributed by atoms with Gasteiger partial charge in [-0.3, -0.25) is 0 Å². The summed E-state index contributed by atoms with van der Waals surface area (Å²) in [6, 6.07) is 14.5. The first kappa shape index (κ1) is 12.8. The molecule has 0 aliphatic rings. The molecule has 0 spiro atoms. The highest BCUT2D eigenvalue weighted by Crippen LogP contribution is 2.11. The largest absolute Gasteiger partial charge is 0.392 e. The quantitative estimate of drug-likeness (QED) is 0.875. The van der Waals surface area contributed by atoms with Gasteiger partial charge in [-0.1, -0.05) is 42.0 Å². The van der Waals surface area contributed by atoms with Crippen molar-refractivity contribution in [3.8, 4) is 0 Å². The third-order valence-electron chi connectivity index (χ3n) is 2.91. The van der Waals surface area contributed by atoms with Crippen LogP contribution in [0.3, 0.4) is 0 Å². The first-order chi connectivity index (χ1) is 8.63. The van der Waals surface area contributed by atoms with E-state index >= 15 is 0 Å². The lowest BCUT2D eigenvalue weighted by molar-refractivity contribution is 0.175. The molecule has 0 radical (unpaired) electrons. The molecule has 0 aromatic heterocycles. The summed E-state index contributed by atoms with van der Waals surface area (Å²) in [7, 11) is 0. The fourth-order valence-corrected chi connectivity index (χ4v) is 2.12. The van der Waals surface area contributed by atoms with Gasteiger partial charge in [-0.05, 0) is 43.0 Å². The second kappa shape index (κ2) is 5.78. The van der Waals surface area contributed by atoms with Gasteiger partial charge in [-0.25, -0.2) is 4.39 Å². The monoisotopic (exact) mass is 244 g/mol. The minimum Gasteiger partial charge on any atom is -0.392 e. The van der Waals surface area contributed by atoms with Crippen molar-refractivity contribution in [3.05, 3.63) is 71.0 Å². The number of aryl methyl sites for hydroxylation is 1. The van der Waals surface area contributed by atoms with Crippen LogP contribution in [0.25, 0.3) is 0 Å². The lowest BCUT2D eigenvalue weighted by Crippen LogP contribution is -2.14. The summed E-state index contributed by atoms with van der Waals surface area (Å²) in [5, 5.41) is 10.0. The minimum atomic E-state index is -0.478. The summed E-state index contributed by atoms with van der Waals surface area (Å²) in [4.78, 5) is 0. The van der Waals surface area contributed by atoms with E-state index in [9.17, 15) is 9.50 Å². The average molecular weight is 244 g/mol. The molecule has 0 saturated carbocycles. The van der Waals surface area contributed by atoms with Crippen LogP contribution in [0, 0.1) is 12.7 Å². The molecule has 0 heterocycles. The van der Waals surface area contributed by atoms with Crippen LogP contribution in [0.1, 0.15) is 16.7 Å². The van der Waals surface area contributed by atoms with E-state index in [4.69, 9.17) is 0 Å². The highest BCUT2D eigenvalue weighted by Gasteiger charge is 2.07. The summed E-state index contributed by atoms with van der Waals surface area (Å²) < 4.78 is 13.0. The van der Waals surface area contributed by atoms with Gasteiger partial charge in [0.2, 0.25) is 0 Å². The van der Waals surface area contributed by atoms with Gasteiger partial charge in [0.05, 0.1) is 6.10 Å². The Morgan fingerprint density at radius 2 is 1.61 bits per heavy atom. The summed E-state index contributed by atoms with van der Waals surface area (Å²) in [6.07, 6.45) is 0.595. The lowest BCUT2D eigenvalue weighted by atomic mass is 10.0. The number of rotatable bonds is 4. The van der Waals surface area contributed by atoms with Crippen LogP contribution in [0.15, 0.2) is 48.5 Å². The van der Waals surface area contributed by atoms with Crippen LogP contribution in [-0.2, 0) is 12.8 Å². The zero-order valence-electron chi connectivity index (χ0n) is 10.4. The van der Waals surface area contributed by atoms with E-state index in [-0.39, 0.29) is 5.82 Å². The van der Waals surface area contributed by atoms with Crippen molar-refractivity contribution >= 4 is 0 Å². The summed E-state index contributed by atoms with van der Waals surface area (Å²) in [5.74, 6) is -0.254. The number of benzene rings is 2. The van der Waals surface area contributed by atoms with Crippen LogP contribution in [0.2, 0.25) is 0 Å². The molecule has 0 aliphatic heterocycles. The van der Waals surface area contributed by atoms with E-state index in [2.05, 4.69) is 6.07 Å². The Labute approximate surface area is 107 Å². The van der Waals surface area contributed by atoms with Gasteiger partial charge >= 0.3 is 0 Å². The summed E-state index contributed by atoms with van der Waals surface area (Å²) in [5.41, 5.74) is 3.12. The zero-order chi connectivity index (χ0) is 13.0. The standard InChI is InChI=1S/C16H17FO/c1-12-4-2-5-13(8-12)10-16(18)11-14-6-3-7-15(17)9-14/h2-9,16,18H,10-11H2,1H3. The molecule has 2 aromatic rings. The molecule has 0 saturated heterocycles. The van der Waals surface area contributed by atoms with E-state index < -0.39 is 6.10 Å². The van der Waals surface area contributed by atoms with Gasteiger partial charge in [0.1, 0.15) is 5.82 Å². The van der Waals surface area contributed by atoms with Crippen molar-refractivity contribution in [3.63, 3.8) is 0 Å². The molecular formula is C16H17FO. The van der Waals surface area contributed by atoms with Crippen LogP contribution < -0.4 is 0 Å². The maximum atomic E-state index is 13.0. The summed E-state index contributed by atoms with van der Waals surface area (Å²) in [6.45, 7) is 2.03. The topological polar surface area (TPSA) is 20.2 Å².